The first kappa shape index (κ1) is 15.2. The highest BCUT2D eigenvalue weighted by Gasteiger charge is 2.14. The van der Waals surface area contributed by atoms with Crippen molar-refractivity contribution in [1.29, 1.82) is 0 Å². The lowest BCUT2D eigenvalue weighted by Crippen LogP contribution is -2.25. The summed E-state index contributed by atoms with van der Waals surface area (Å²) in [7, 11) is 3.50. The molecule has 1 amide bonds. The maximum absolute atomic E-state index is 12.6. The summed E-state index contributed by atoms with van der Waals surface area (Å²) < 4.78 is 9.02. The van der Waals surface area contributed by atoms with Crippen LogP contribution in [0.1, 0.15) is 16.2 Å². The first-order valence-electron chi connectivity index (χ1n) is 7.85. The van der Waals surface area contributed by atoms with E-state index in [1.54, 1.807) is 25.7 Å². The Kier molecular flexibility index (Phi) is 3.61. The molecule has 0 aliphatic rings. The topological polar surface area (TPSA) is 73.4 Å². The van der Waals surface area contributed by atoms with Crippen molar-refractivity contribution in [2.75, 3.05) is 7.11 Å². The molecule has 0 atom stereocenters. The Bertz CT molecular complexity index is 1080. The maximum atomic E-state index is 12.6. The molecule has 7 nitrogen and oxygen atoms in total. The fourth-order valence-corrected chi connectivity index (χ4v) is 2.94. The van der Waals surface area contributed by atoms with Crippen molar-refractivity contribution in [2.45, 2.75) is 6.54 Å². The number of benzene rings is 1. The molecule has 0 spiro atoms. The summed E-state index contributed by atoms with van der Waals surface area (Å²) in [5.74, 6) is 0.627. The van der Waals surface area contributed by atoms with Gasteiger partial charge in [0.05, 0.1) is 37.3 Å². The molecule has 0 aliphatic heterocycles. The van der Waals surface area contributed by atoms with E-state index in [0.717, 1.165) is 28.0 Å². The number of nitrogens with zero attached hydrogens (tertiary/aromatic N) is 4. The van der Waals surface area contributed by atoms with Crippen LogP contribution in [0.4, 0.5) is 0 Å². The molecule has 25 heavy (non-hydrogen) atoms. The Morgan fingerprint density at radius 2 is 2.16 bits per heavy atom. The zero-order valence-corrected chi connectivity index (χ0v) is 13.9. The highest BCUT2D eigenvalue weighted by molar-refractivity contribution is 5.98. The third kappa shape index (κ3) is 2.59. The quantitative estimate of drug-likeness (QED) is 0.620. The fourth-order valence-electron chi connectivity index (χ4n) is 2.94. The van der Waals surface area contributed by atoms with Crippen molar-refractivity contribution in [1.82, 2.24) is 24.3 Å². The fraction of sp³-hybridized carbons (Fsp3) is 0.167. The Morgan fingerprint density at radius 1 is 1.28 bits per heavy atom. The van der Waals surface area contributed by atoms with Crippen LogP contribution in [-0.4, -0.2) is 32.0 Å². The van der Waals surface area contributed by atoms with E-state index in [0.29, 0.717) is 12.2 Å². The summed E-state index contributed by atoms with van der Waals surface area (Å²) in [5.41, 5.74) is 3.19. The van der Waals surface area contributed by atoms with E-state index in [9.17, 15) is 4.79 Å². The van der Waals surface area contributed by atoms with E-state index >= 15 is 0 Å². The number of rotatable bonds is 4. The molecule has 0 bridgehead atoms. The van der Waals surface area contributed by atoms with Gasteiger partial charge in [0, 0.05) is 30.9 Å². The molecule has 7 heteroatoms. The maximum Gasteiger partial charge on any atom is 0.268 e. The van der Waals surface area contributed by atoms with Gasteiger partial charge >= 0.3 is 0 Å². The standard InChI is InChI=1S/C18H17N5O2/c1-22-15-8-14(25-2)4-3-12(15)7-16(22)18(24)21-10-13-9-20-17-11-19-5-6-23(13)17/h3-9,11H,10H2,1-2H3,(H,21,24). The van der Waals surface area contributed by atoms with E-state index in [4.69, 9.17) is 4.74 Å². The molecule has 0 unspecified atom stereocenters. The number of aromatic nitrogens is 4. The third-order valence-corrected chi connectivity index (χ3v) is 4.31. The molecule has 1 aromatic carbocycles. The largest absolute Gasteiger partial charge is 0.497 e. The molecule has 0 saturated carbocycles. The van der Waals surface area contributed by atoms with Gasteiger partial charge in [0.2, 0.25) is 0 Å². The number of hydrogen-bond donors (Lipinski definition) is 1. The average Bonchev–Trinajstić information content (AvgIpc) is 3.21. The minimum Gasteiger partial charge on any atom is -0.497 e. The molecule has 0 radical (unpaired) electrons. The van der Waals surface area contributed by atoms with Crippen LogP contribution in [0.3, 0.4) is 0 Å². The minimum absolute atomic E-state index is 0.137. The number of amides is 1. The summed E-state index contributed by atoms with van der Waals surface area (Å²) in [6, 6.07) is 7.63. The molecule has 3 heterocycles. The first-order chi connectivity index (χ1) is 12.2. The SMILES string of the molecule is COc1ccc2cc(C(=O)NCc3cnc4cnccn34)n(C)c2c1. The number of carbonyl (C=O) groups is 1. The van der Waals surface area contributed by atoms with Gasteiger partial charge in [-0.25, -0.2) is 4.98 Å². The van der Waals surface area contributed by atoms with E-state index in [-0.39, 0.29) is 5.91 Å². The van der Waals surface area contributed by atoms with Crippen molar-refractivity contribution in [3.63, 3.8) is 0 Å². The van der Waals surface area contributed by atoms with Gasteiger partial charge in [0.25, 0.3) is 5.91 Å². The number of ether oxygens (including phenoxy) is 1. The summed E-state index contributed by atoms with van der Waals surface area (Å²) >= 11 is 0. The zero-order chi connectivity index (χ0) is 17.4. The molecule has 4 rings (SSSR count). The summed E-state index contributed by atoms with van der Waals surface area (Å²) in [6.07, 6.45) is 6.94. The lowest BCUT2D eigenvalue weighted by molar-refractivity contribution is 0.0942. The molecule has 0 fully saturated rings. The predicted molar refractivity (Wildman–Crippen MR) is 93.6 cm³/mol. The van der Waals surface area contributed by atoms with Crippen LogP contribution in [0.15, 0.2) is 49.1 Å². The zero-order valence-electron chi connectivity index (χ0n) is 13.9. The molecular weight excluding hydrogens is 318 g/mol. The number of carbonyl (C=O) groups excluding carboxylic acids is 1. The molecule has 3 aromatic heterocycles. The third-order valence-electron chi connectivity index (χ3n) is 4.31. The Labute approximate surface area is 143 Å². The second-order valence-electron chi connectivity index (χ2n) is 5.75. The van der Waals surface area contributed by atoms with Crippen LogP contribution in [0.25, 0.3) is 16.6 Å². The van der Waals surface area contributed by atoms with Gasteiger partial charge in [0.1, 0.15) is 11.4 Å². The lowest BCUT2D eigenvalue weighted by Gasteiger charge is -2.07. The van der Waals surface area contributed by atoms with Gasteiger partial charge in [-0.1, -0.05) is 0 Å². The minimum atomic E-state index is -0.137. The highest BCUT2D eigenvalue weighted by atomic mass is 16.5. The van der Waals surface area contributed by atoms with Gasteiger partial charge in [-0.2, -0.15) is 0 Å². The van der Waals surface area contributed by atoms with E-state index in [1.165, 1.54) is 0 Å². The normalized spacial score (nSPS) is 11.1. The number of nitrogens with one attached hydrogen (secondary N) is 1. The van der Waals surface area contributed by atoms with Crippen molar-refractivity contribution >= 4 is 22.5 Å². The van der Waals surface area contributed by atoms with Crippen molar-refractivity contribution in [3.05, 3.63) is 60.4 Å². The number of hydrogen-bond acceptors (Lipinski definition) is 4. The van der Waals surface area contributed by atoms with E-state index < -0.39 is 0 Å². The van der Waals surface area contributed by atoms with Crippen molar-refractivity contribution in [2.24, 2.45) is 7.05 Å². The van der Waals surface area contributed by atoms with Crippen LogP contribution in [0.5, 0.6) is 5.75 Å². The highest BCUT2D eigenvalue weighted by Crippen LogP contribution is 2.23. The van der Waals surface area contributed by atoms with Crippen molar-refractivity contribution < 1.29 is 9.53 Å². The Balaban J connectivity index is 1.59. The molecule has 0 aliphatic carbocycles. The number of methoxy groups -OCH3 is 1. The van der Waals surface area contributed by atoms with Crippen LogP contribution in [0.2, 0.25) is 0 Å². The van der Waals surface area contributed by atoms with Crippen molar-refractivity contribution in [3.8, 4) is 5.75 Å². The first-order valence-corrected chi connectivity index (χ1v) is 7.85. The average molecular weight is 335 g/mol. The predicted octanol–water partition coefficient (Wildman–Crippen LogP) is 2.16. The van der Waals surface area contributed by atoms with E-state index in [2.05, 4.69) is 15.3 Å². The summed E-state index contributed by atoms with van der Waals surface area (Å²) in [6.45, 7) is 0.384. The summed E-state index contributed by atoms with van der Waals surface area (Å²) in [5, 5.41) is 3.95. The van der Waals surface area contributed by atoms with E-state index in [1.807, 2.05) is 46.5 Å². The summed E-state index contributed by atoms with van der Waals surface area (Å²) in [4.78, 5) is 20.9. The molecule has 1 N–H and O–H groups in total. The second-order valence-corrected chi connectivity index (χ2v) is 5.75. The number of fused-ring (bicyclic) bond motifs is 2. The molecule has 4 aromatic rings. The van der Waals surface area contributed by atoms with Crippen LogP contribution < -0.4 is 10.1 Å². The Hall–Kier alpha value is -3.35. The second kappa shape index (κ2) is 5.94. The van der Waals surface area contributed by atoms with Gasteiger partial charge in [0.15, 0.2) is 5.65 Å². The molecule has 126 valence electrons. The smallest absolute Gasteiger partial charge is 0.268 e. The van der Waals surface area contributed by atoms with Gasteiger partial charge < -0.3 is 14.6 Å². The van der Waals surface area contributed by atoms with Crippen LogP contribution in [-0.2, 0) is 13.6 Å². The van der Waals surface area contributed by atoms with Gasteiger partial charge in [-0.05, 0) is 18.2 Å². The molecular formula is C18H17N5O2. The monoisotopic (exact) mass is 335 g/mol. The lowest BCUT2D eigenvalue weighted by atomic mass is 10.2. The Morgan fingerprint density at radius 3 is 3.00 bits per heavy atom. The number of aryl methyl sites for hydroxylation is 1. The van der Waals surface area contributed by atoms with Crippen LogP contribution >= 0.6 is 0 Å². The number of imidazole rings is 1. The van der Waals surface area contributed by atoms with Gasteiger partial charge in [-0.15, -0.1) is 0 Å². The van der Waals surface area contributed by atoms with Gasteiger partial charge in [-0.3, -0.25) is 14.2 Å². The molecule has 0 saturated heterocycles. The van der Waals surface area contributed by atoms with Crippen LogP contribution in [0, 0.1) is 0 Å².